The zero-order valence-corrected chi connectivity index (χ0v) is 12.2. The predicted octanol–water partition coefficient (Wildman–Crippen LogP) is 1.21. The van der Waals surface area contributed by atoms with Crippen molar-refractivity contribution in [1.82, 2.24) is 9.97 Å². The number of carbonyl (C=O) groups excluding carboxylic acids is 1. The van der Waals surface area contributed by atoms with Gasteiger partial charge in [0, 0.05) is 5.69 Å². The summed E-state index contributed by atoms with van der Waals surface area (Å²) in [5.41, 5.74) is -0.208. The molecule has 20 heavy (non-hydrogen) atoms. The molecule has 1 rings (SSSR count). The number of esters is 1. The van der Waals surface area contributed by atoms with Gasteiger partial charge in [-0.3, -0.25) is 4.79 Å². The van der Waals surface area contributed by atoms with Crippen LogP contribution in [0.2, 0.25) is 0 Å². The molecule has 0 unspecified atom stereocenters. The van der Waals surface area contributed by atoms with Crippen molar-refractivity contribution >= 4 is 23.7 Å². The van der Waals surface area contributed by atoms with E-state index < -0.39 is 22.9 Å². The second-order valence-electron chi connectivity index (χ2n) is 3.92. The molecule has 1 aromatic heterocycles. The quantitative estimate of drug-likeness (QED) is 0.461. The van der Waals surface area contributed by atoms with Crippen LogP contribution in [-0.4, -0.2) is 38.9 Å². The SMILES string of the molecule is CCOC(=O)c1c(S[C@H](CC)C(=O)O)nc(=O)[nH]c1C. The van der Waals surface area contributed by atoms with Crippen LogP contribution < -0.4 is 5.69 Å². The zero-order chi connectivity index (χ0) is 15.3. The van der Waals surface area contributed by atoms with E-state index in [1.54, 1.807) is 20.8 Å². The van der Waals surface area contributed by atoms with E-state index in [1.165, 1.54) is 0 Å². The summed E-state index contributed by atoms with van der Waals surface area (Å²) in [6, 6.07) is 0. The standard InChI is InChI=1S/C12H16N2O5S/c1-4-7(10(15)16)20-9-8(11(17)19-5-2)6(3)13-12(18)14-9/h7H,4-5H2,1-3H3,(H,15,16)(H,13,14,18)/t7-/m1/s1. The van der Waals surface area contributed by atoms with E-state index in [1.807, 2.05) is 0 Å². The van der Waals surface area contributed by atoms with Crippen LogP contribution in [0.1, 0.15) is 36.3 Å². The van der Waals surface area contributed by atoms with Gasteiger partial charge in [-0.1, -0.05) is 18.7 Å². The Labute approximate surface area is 119 Å². The second-order valence-corrected chi connectivity index (χ2v) is 5.11. The highest BCUT2D eigenvalue weighted by Gasteiger charge is 2.24. The first-order valence-corrected chi connectivity index (χ1v) is 6.96. The third-order valence-corrected chi connectivity index (χ3v) is 3.80. The van der Waals surface area contributed by atoms with Crippen LogP contribution in [0.15, 0.2) is 9.82 Å². The topological polar surface area (TPSA) is 109 Å². The van der Waals surface area contributed by atoms with Crippen LogP contribution >= 0.6 is 11.8 Å². The van der Waals surface area contributed by atoms with Gasteiger partial charge in [0.2, 0.25) is 0 Å². The van der Waals surface area contributed by atoms with Gasteiger partial charge in [-0.15, -0.1) is 0 Å². The highest BCUT2D eigenvalue weighted by Crippen LogP contribution is 2.27. The van der Waals surface area contributed by atoms with E-state index >= 15 is 0 Å². The molecule has 0 saturated carbocycles. The number of aliphatic carboxylic acids is 1. The van der Waals surface area contributed by atoms with Gasteiger partial charge < -0.3 is 14.8 Å². The molecule has 2 N–H and O–H groups in total. The molecule has 0 spiro atoms. The summed E-state index contributed by atoms with van der Waals surface area (Å²) in [5, 5.41) is 8.36. The van der Waals surface area contributed by atoms with Gasteiger partial charge in [-0.05, 0) is 20.3 Å². The number of H-pyrrole nitrogens is 1. The Morgan fingerprint density at radius 1 is 1.45 bits per heavy atom. The Bertz CT molecular complexity index is 569. The smallest absolute Gasteiger partial charge is 0.346 e. The van der Waals surface area contributed by atoms with Crippen LogP contribution in [0.5, 0.6) is 0 Å². The fourth-order valence-corrected chi connectivity index (χ4v) is 2.56. The van der Waals surface area contributed by atoms with E-state index in [2.05, 4.69) is 9.97 Å². The van der Waals surface area contributed by atoms with Gasteiger partial charge in [-0.25, -0.2) is 9.59 Å². The minimum absolute atomic E-state index is 0.0824. The Hall–Kier alpha value is -1.83. The van der Waals surface area contributed by atoms with Crippen molar-refractivity contribution in [2.24, 2.45) is 0 Å². The number of rotatable bonds is 6. The summed E-state index contributed by atoms with van der Waals surface area (Å²) in [6.07, 6.45) is 0.343. The van der Waals surface area contributed by atoms with Gasteiger partial charge in [0.15, 0.2) is 0 Å². The number of aromatic amines is 1. The minimum Gasteiger partial charge on any atom is -0.480 e. The molecule has 1 heterocycles. The van der Waals surface area contributed by atoms with Gasteiger partial charge in [-0.2, -0.15) is 4.98 Å². The van der Waals surface area contributed by atoms with Gasteiger partial charge >= 0.3 is 17.6 Å². The molecule has 1 atom stereocenters. The summed E-state index contributed by atoms with van der Waals surface area (Å²) in [4.78, 5) is 40.5. The Kier molecular flexibility index (Phi) is 5.75. The molecular formula is C12H16N2O5S. The molecule has 0 aliphatic heterocycles. The Balaban J connectivity index is 3.26. The normalized spacial score (nSPS) is 11.9. The maximum Gasteiger partial charge on any atom is 0.346 e. The monoisotopic (exact) mass is 300 g/mol. The molecule has 0 aromatic carbocycles. The highest BCUT2D eigenvalue weighted by molar-refractivity contribution is 8.00. The summed E-state index contributed by atoms with van der Waals surface area (Å²) in [5.74, 6) is -1.65. The molecule has 0 aliphatic rings. The summed E-state index contributed by atoms with van der Waals surface area (Å²) >= 11 is 0.874. The zero-order valence-electron chi connectivity index (χ0n) is 11.4. The van der Waals surface area contributed by atoms with Crippen LogP contribution in [0.25, 0.3) is 0 Å². The van der Waals surface area contributed by atoms with Crippen molar-refractivity contribution in [2.75, 3.05) is 6.61 Å². The molecule has 0 amide bonds. The van der Waals surface area contributed by atoms with Crippen LogP contribution in [-0.2, 0) is 9.53 Å². The van der Waals surface area contributed by atoms with Gasteiger partial charge in [0.1, 0.15) is 15.8 Å². The third kappa shape index (κ3) is 3.83. The number of nitrogens with one attached hydrogen (secondary N) is 1. The Morgan fingerprint density at radius 3 is 2.60 bits per heavy atom. The van der Waals surface area contributed by atoms with Gasteiger partial charge in [0.25, 0.3) is 0 Å². The first kappa shape index (κ1) is 16.2. The summed E-state index contributed by atoms with van der Waals surface area (Å²) < 4.78 is 4.90. The number of nitrogens with zero attached hydrogens (tertiary/aromatic N) is 1. The largest absolute Gasteiger partial charge is 0.480 e. The lowest BCUT2D eigenvalue weighted by atomic mass is 10.2. The number of carbonyl (C=O) groups is 2. The number of thioether (sulfide) groups is 1. The molecular weight excluding hydrogens is 284 g/mol. The Morgan fingerprint density at radius 2 is 2.10 bits per heavy atom. The van der Waals surface area contributed by atoms with Crippen LogP contribution in [0, 0.1) is 6.92 Å². The number of aromatic nitrogens is 2. The van der Waals surface area contributed by atoms with E-state index in [4.69, 9.17) is 9.84 Å². The maximum absolute atomic E-state index is 11.9. The molecule has 0 aliphatic carbocycles. The van der Waals surface area contributed by atoms with Crippen molar-refractivity contribution in [3.05, 3.63) is 21.7 Å². The van der Waals surface area contributed by atoms with Crippen molar-refractivity contribution in [2.45, 2.75) is 37.5 Å². The average molecular weight is 300 g/mol. The number of aryl methyl sites for hydroxylation is 1. The predicted molar refractivity (Wildman–Crippen MR) is 73.1 cm³/mol. The molecule has 110 valence electrons. The highest BCUT2D eigenvalue weighted by atomic mass is 32.2. The molecule has 8 heteroatoms. The van der Waals surface area contributed by atoms with Crippen molar-refractivity contribution in [3.63, 3.8) is 0 Å². The lowest BCUT2D eigenvalue weighted by Crippen LogP contribution is -2.22. The van der Waals surface area contributed by atoms with E-state index in [-0.39, 0.29) is 17.2 Å². The number of hydrogen-bond acceptors (Lipinski definition) is 6. The average Bonchev–Trinajstić information content (AvgIpc) is 2.34. The maximum atomic E-state index is 11.9. The minimum atomic E-state index is -1.02. The number of carboxylic acid groups (broad SMARTS) is 1. The third-order valence-electron chi connectivity index (χ3n) is 2.47. The molecule has 0 bridgehead atoms. The van der Waals surface area contributed by atoms with E-state index in [9.17, 15) is 14.4 Å². The first-order chi connectivity index (χ1) is 9.40. The lowest BCUT2D eigenvalue weighted by molar-refractivity contribution is -0.136. The second kappa shape index (κ2) is 7.09. The van der Waals surface area contributed by atoms with Crippen molar-refractivity contribution in [1.29, 1.82) is 0 Å². The van der Waals surface area contributed by atoms with E-state index in [0.717, 1.165) is 11.8 Å². The lowest BCUT2D eigenvalue weighted by Gasteiger charge is -2.13. The fourth-order valence-electron chi connectivity index (χ4n) is 1.53. The van der Waals surface area contributed by atoms with Crippen LogP contribution in [0.4, 0.5) is 0 Å². The number of ether oxygens (including phenoxy) is 1. The molecule has 1 aromatic rings. The summed E-state index contributed by atoms with van der Waals surface area (Å²) in [7, 11) is 0. The first-order valence-electron chi connectivity index (χ1n) is 6.08. The van der Waals surface area contributed by atoms with Crippen molar-refractivity contribution in [3.8, 4) is 0 Å². The van der Waals surface area contributed by atoms with Crippen LogP contribution in [0.3, 0.4) is 0 Å². The van der Waals surface area contributed by atoms with Gasteiger partial charge in [0.05, 0.1) is 6.61 Å². The fraction of sp³-hybridized carbons (Fsp3) is 0.500. The van der Waals surface area contributed by atoms with Crippen molar-refractivity contribution < 1.29 is 19.4 Å². The number of hydrogen-bond donors (Lipinski definition) is 2. The summed E-state index contributed by atoms with van der Waals surface area (Å²) in [6.45, 7) is 5.08. The molecule has 7 nitrogen and oxygen atoms in total. The van der Waals surface area contributed by atoms with E-state index in [0.29, 0.717) is 12.1 Å². The molecule has 0 saturated heterocycles. The molecule has 0 radical (unpaired) electrons. The molecule has 0 fully saturated rings. The number of carboxylic acids is 1.